The number of nitrogens with one attached hydrogen (secondary N) is 1. The predicted octanol–water partition coefficient (Wildman–Crippen LogP) is 2.31. The fourth-order valence-corrected chi connectivity index (χ4v) is 1.88. The lowest BCUT2D eigenvalue weighted by atomic mass is 10.2. The van der Waals surface area contributed by atoms with Crippen LogP contribution in [0.2, 0.25) is 0 Å². The van der Waals surface area contributed by atoms with Gasteiger partial charge in [-0.2, -0.15) is 0 Å². The molecular formula is C14H14N4O. The molecule has 2 aromatic heterocycles. The highest BCUT2D eigenvalue weighted by molar-refractivity contribution is 6.03. The highest BCUT2D eigenvalue weighted by Gasteiger charge is 2.26. The molecule has 96 valence electrons. The Labute approximate surface area is 111 Å². The predicted molar refractivity (Wildman–Crippen MR) is 70.9 cm³/mol. The van der Waals surface area contributed by atoms with Crippen LogP contribution >= 0.6 is 0 Å². The third-order valence-electron chi connectivity index (χ3n) is 3.20. The lowest BCUT2D eigenvalue weighted by molar-refractivity contribution is 0.102. The number of hydrogen-bond donors (Lipinski definition) is 1. The normalized spacial score (nSPS) is 14.2. The van der Waals surface area contributed by atoms with Gasteiger partial charge in [0.15, 0.2) is 0 Å². The molecule has 1 aliphatic carbocycles. The number of aromatic nitrogens is 3. The largest absolute Gasteiger partial charge is 0.319 e. The number of rotatable bonds is 3. The lowest BCUT2D eigenvalue weighted by Gasteiger charge is -2.07. The topological polar surface area (TPSA) is 67.8 Å². The lowest BCUT2D eigenvalue weighted by Crippen LogP contribution is -2.15. The van der Waals surface area contributed by atoms with Gasteiger partial charge < -0.3 is 5.32 Å². The van der Waals surface area contributed by atoms with Gasteiger partial charge in [-0.05, 0) is 37.5 Å². The minimum atomic E-state index is -0.222. The van der Waals surface area contributed by atoms with Crippen LogP contribution in [0.1, 0.15) is 40.5 Å². The molecule has 1 aliphatic rings. The minimum Gasteiger partial charge on any atom is -0.319 e. The molecule has 1 N–H and O–H groups in total. The van der Waals surface area contributed by atoms with Crippen LogP contribution in [0.4, 0.5) is 5.69 Å². The molecule has 0 bridgehead atoms. The summed E-state index contributed by atoms with van der Waals surface area (Å²) in [6.07, 6.45) is 7.09. The van der Waals surface area contributed by atoms with Crippen molar-refractivity contribution >= 4 is 11.6 Å². The molecule has 5 heteroatoms. The van der Waals surface area contributed by atoms with E-state index in [1.165, 1.54) is 6.33 Å². The number of hydrogen-bond acceptors (Lipinski definition) is 4. The molecule has 2 heterocycles. The number of carbonyl (C=O) groups excluding carboxylic acids is 1. The Balaban J connectivity index is 1.80. The SMILES string of the molecule is Cc1ccncc1NC(=O)c1cc(C2CC2)ncn1. The Morgan fingerprint density at radius 3 is 2.95 bits per heavy atom. The number of carbonyl (C=O) groups is 1. The summed E-state index contributed by atoms with van der Waals surface area (Å²) in [4.78, 5) is 24.4. The molecule has 0 unspecified atom stereocenters. The summed E-state index contributed by atoms with van der Waals surface area (Å²) in [5.41, 5.74) is 3.04. The van der Waals surface area contributed by atoms with Gasteiger partial charge in [-0.1, -0.05) is 0 Å². The fraction of sp³-hybridized carbons (Fsp3) is 0.286. The third-order valence-corrected chi connectivity index (χ3v) is 3.20. The van der Waals surface area contributed by atoms with Gasteiger partial charge in [0.05, 0.1) is 11.9 Å². The first-order valence-electron chi connectivity index (χ1n) is 6.28. The maximum absolute atomic E-state index is 12.1. The zero-order valence-corrected chi connectivity index (χ0v) is 10.6. The van der Waals surface area contributed by atoms with Crippen molar-refractivity contribution < 1.29 is 4.79 Å². The van der Waals surface area contributed by atoms with Gasteiger partial charge in [-0.15, -0.1) is 0 Å². The van der Waals surface area contributed by atoms with Gasteiger partial charge in [0.25, 0.3) is 5.91 Å². The van der Waals surface area contributed by atoms with Crippen molar-refractivity contribution in [2.45, 2.75) is 25.7 Å². The second-order valence-corrected chi connectivity index (χ2v) is 4.75. The number of aryl methyl sites for hydroxylation is 1. The van der Waals surface area contributed by atoms with Crippen LogP contribution in [-0.2, 0) is 0 Å². The summed E-state index contributed by atoms with van der Waals surface area (Å²) >= 11 is 0. The highest BCUT2D eigenvalue weighted by atomic mass is 16.1. The maximum atomic E-state index is 12.1. The van der Waals surface area contributed by atoms with E-state index in [1.54, 1.807) is 18.5 Å². The van der Waals surface area contributed by atoms with Crippen molar-refractivity contribution in [3.63, 3.8) is 0 Å². The Bertz CT molecular complexity index is 622. The number of nitrogens with zero attached hydrogens (tertiary/aromatic N) is 3. The standard InChI is InChI=1S/C14H14N4O/c1-9-4-5-15-7-13(9)18-14(19)12-6-11(10-2-3-10)16-8-17-12/h4-8,10H,2-3H2,1H3,(H,18,19). The van der Waals surface area contributed by atoms with Crippen molar-refractivity contribution in [1.29, 1.82) is 0 Å². The van der Waals surface area contributed by atoms with Crippen LogP contribution in [0.5, 0.6) is 0 Å². The van der Waals surface area contributed by atoms with E-state index >= 15 is 0 Å². The van der Waals surface area contributed by atoms with Crippen molar-refractivity contribution in [2.24, 2.45) is 0 Å². The van der Waals surface area contributed by atoms with E-state index in [2.05, 4.69) is 20.3 Å². The zero-order valence-electron chi connectivity index (χ0n) is 10.6. The summed E-state index contributed by atoms with van der Waals surface area (Å²) in [5.74, 6) is 0.287. The first kappa shape index (κ1) is 11.8. The first-order chi connectivity index (χ1) is 9.24. The van der Waals surface area contributed by atoms with Crippen LogP contribution < -0.4 is 5.32 Å². The molecule has 2 aromatic rings. The minimum absolute atomic E-state index is 0.222. The van der Waals surface area contributed by atoms with E-state index in [0.717, 1.165) is 24.1 Å². The molecule has 3 rings (SSSR count). The average molecular weight is 254 g/mol. The quantitative estimate of drug-likeness (QED) is 0.912. The first-order valence-corrected chi connectivity index (χ1v) is 6.28. The number of amides is 1. The van der Waals surface area contributed by atoms with Crippen molar-refractivity contribution in [3.8, 4) is 0 Å². The zero-order chi connectivity index (χ0) is 13.2. The van der Waals surface area contributed by atoms with E-state index in [9.17, 15) is 4.79 Å². The van der Waals surface area contributed by atoms with Gasteiger partial charge in [-0.3, -0.25) is 9.78 Å². The third kappa shape index (κ3) is 2.59. The number of anilines is 1. The summed E-state index contributed by atoms with van der Waals surface area (Å²) in [6.45, 7) is 1.92. The molecule has 0 aliphatic heterocycles. The molecule has 0 radical (unpaired) electrons. The second-order valence-electron chi connectivity index (χ2n) is 4.75. The van der Waals surface area contributed by atoms with Crippen molar-refractivity contribution in [1.82, 2.24) is 15.0 Å². The Morgan fingerprint density at radius 1 is 1.37 bits per heavy atom. The summed E-state index contributed by atoms with van der Waals surface area (Å²) in [7, 11) is 0. The summed E-state index contributed by atoms with van der Waals surface area (Å²) < 4.78 is 0. The van der Waals surface area contributed by atoms with Gasteiger partial charge >= 0.3 is 0 Å². The maximum Gasteiger partial charge on any atom is 0.274 e. The Hall–Kier alpha value is -2.30. The van der Waals surface area contributed by atoms with Crippen LogP contribution in [0.15, 0.2) is 30.9 Å². The molecular weight excluding hydrogens is 240 g/mol. The van der Waals surface area contributed by atoms with Crippen LogP contribution in [0, 0.1) is 6.92 Å². The Morgan fingerprint density at radius 2 is 2.21 bits per heavy atom. The monoisotopic (exact) mass is 254 g/mol. The van der Waals surface area contributed by atoms with Gasteiger partial charge in [0.1, 0.15) is 12.0 Å². The molecule has 0 aromatic carbocycles. The summed E-state index contributed by atoms with van der Waals surface area (Å²) in [6, 6.07) is 3.63. The molecule has 0 saturated heterocycles. The van der Waals surface area contributed by atoms with Gasteiger partial charge in [-0.25, -0.2) is 9.97 Å². The molecule has 1 fully saturated rings. The smallest absolute Gasteiger partial charge is 0.274 e. The van der Waals surface area contributed by atoms with Crippen LogP contribution in [0.3, 0.4) is 0 Å². The molecule has 0 spiro atoms. The second kappa shape index (κ2) is 4.76. The van der Waals surface area contributed by atoms with Crippen LogP contribution in [-0.4, -0.2) is 20.9 Å². The molecule has 1 saturated carbocycles. The van der Waals surface area contributed by atoms with Crippen LogP contribution in [0.25, 0.3) is 0 Å². The van der Waals surface area contributed by atoms with E-state index in [0.29, 0.717) is 17.3 Å². The number of pyridine rings is 1. The van der Waals surface area contributed by atoms with Gasteiger partial charge in [0.2, 0.25) is 0 Å². The molecule has 0 atom stereocenters. The molecule has 19 heavy (non-hydrogen) atoms. The van der Waals surface area contributed by atoms with E-state index in [1.807, 2.05) is 13.0 Å². The Kier molecular flexibility index (Phi) is 2.95. The van der Waals surface area contributed by atoms with Gasteiger partial charge in [0, 0.05) is 17.8 Å². The average Bonchev–Trinajstić information content (AvgIpc) is 3.26. The molecule has 1 amide bonds. The summed E-state index contributed by atoms with van der Waals surface area (Å²) in [5, 5.41) is 2.82. The van der Waals surface area contributed by atoms with E-state index < -0.39 is 0 Å². The highest BCUT2D eigenvalue weighted by Crippen LogP contribution is 2.38. The molecule has 5 nitrogen and oxygen atoms in total. The van der Waals surface area contributed by atoms with E-state index in [4.69, 9.17) is 0 Å². The fourth-order valence-electron chi connectivity index (χ4n) is 1.88. The van der Waals surface area contributed by atoms with Crippen molar-refractivity contribution in [2.75, 3.05) is 5.32 Å². The van der Waals surface area contributed by atoms with E-state index in [-0.39, 0.29) is 5.91 Å². The van der Waals surface area contributed by atoms with Crippen molar-refractivity contribution in [3.05, 3.63) is 47.8 Å².